The summed E-state index contributed by atoms with van der Waals surface area (Å²) in [5.41, 5.74) is 3.43. The molecule has 0 radical (unpaired) electrons. The molecule has 0 saturated carbocycles. The quantitative estimate of drug-likeness (QED) is 0.416. The number of rotatable bonds is 6. The molecule has 0 aliphatic carbocycles. The molecular formula is C26H21FN2O4. The van der Waals surface area contributed by atoms with Gasteiger partial charge in [0, 0.05) is 10.9 Å². The van der Waals surface area contributed by atoms with E-state index >= 15 is 0 Å². The number of halogens is 1. The van der Waals surface area contributed by atoms with Gasteiger partial charge in [0.15, 0.2) is 6.61 Å². The number of nitrogens with zero attached hydrogens (tertiary/aromatic N) is 1. The Labute approximate surface area is 190 Å². The number of ether oxygens (including phenoxy) is 2. The van der Waals surface area contributed by atoms with Crippen molar-refractivity contribution in [3.8, 4) is 17.0 Å². The number of para-hydroxylation sites is 1. The van der Waals surface area contributed by atoms with Crippen molar-refractivity contribution in [1.29, 1.82) is 0 Å². The lowest BCUT2D eigenvalue weighted by atomic mass is 10.0. The molecule has 166 valence electrons. The number of amides is 1. The van der Waals surface area contributed by atoms with E-state index in [-0.39, 0.29) is 11.4 Å². The Kier molecular flexibility index (Phi) is 6.31. The second kappa shape index (κ2) is 9.48. The van der Waals surface area contributed by atoms with Crippen LogP contribution in [0, 0.1) is 12.7 Å². The highest BCUT2D eigenvalue weighted by Crippen LogP contribution is 2.27. The summed E-state index contributed by atoms with van der Waals surface area (Å²) >= 11 is 0. The van der Waals surface area contributed by atoms with E-state index in [1.807, 2.05) is 19.1 Å². The first kappa shape index (κ1) is 22.0. The van der Waals surface area contributed by atoms with Gasteiger partial charge in [0.05, 0.1) is 29.6 Å². The summed E-state index contributed by atoms with van der Waals surface area (Å²) in [6.07, 6.45) is 0. The van der Waals surface area contributed by atoms with Crippen LogP contribution in [0.3, 0.4) is 0 Å². The van der Waals surface area contributed by atoms with Gasteiger partial charge in [-0.25, -0.2) is 14.2 Å². The number of aryl methyl sites for hydroxylation is 1. The van der Waals surface area contributed by atoms with Gasteiger partial charge >= 0.3 is 5.97 Å². The lowest BCUT2D eigenvalue weighted by molar-refractivity contribution is -0.119. The maximum atomic E-state index is 13.3. The number of hydrogen-bond donors (Lipinski definition) is 1. The van der Waals surface area contributed by atoms with E-state index < -0.39 is 18.5 Å². The van der Waals surface area contributed by atoms with Crippen LogP contribution in [0.5, 0.6) is 5.75 Å². The SMILES string of the molecule is COc1ccc(C)cc1NC(=O)COC(=O)c1cc(-c2ccc(F)cc2)nc2ccccc12. The number of nitrogens with one attached hydrogen (secondary N) is 1. The Bertz CT molecular complexity index is 1340. The maximum absolute atomic E-state index is 13.3. The molecule has 3 aromatic carbocycles. The summed E-state index contributed by atoms with van der Waals surface area (Å²) in [6.45, 7) is 1.42. The number of esters is 1. The number of benzene rings is 3. The first-order valence-electron chi connectivity index (χ1n) is 10.2. The van der Waals surface area contributed by atoms with E-state index in [0.717, 1.165) is 5.56 Å². The third-order valence-corrected chi connectivity index (χ3v) is 5.04. The predicted octanol–water partition coefficient (Wildman–Crippen LogP) is 5.15. The van der Waals surface area contributed by atoms with E-state index in [1.54, 1.807) is 48.5 Å². The van der Waals surface area contributed by atoms with Gasteiger partial charge < -0.3 is 14.8 Å². The van der Waals surface area contributed by atoms with Crippen molar-refractivity contribution in [3.05, 3.63) is 89.7 Å². The van der Waals surface area contributed by atoms with Gasteiger partial charge in [-0.3, -0.25) is 4.79 Å². The molecule has 4 aromatic rings. The Morgan fingerprint density at radius 2 is 1.76 bits per heavy atom. The molecular weight excluding hydrogens is 423 g/mol. The monoisotopic (exact) mass is 444 g/mol. The average Bonchev–Trinajstić information content (AvgIpc) is 2.82. The van der Waals surface area contributed by atoms with Crippen LogP contribution in [0.4, 0.5) is 10.1 Å². The summed E-state index contributed by atoms with van der Waals surface area (Å²) in [7, 11) is 1.51. The zero-order valence-electron chi connectivity index (χ0n) is 18.1. The number of carbonyl (C=O) groups is 2. The number of hydrogen-bond acceptors (Lipinski definition) is 5. The van der Waals surface area contributed by atoms with Crippen LogP contribution in [0.2, 0.25) is 0 Å². The molecule has 0 spiro atoms. The van der Waals surface area contributed by atoms with Crippen molar-refractivity contribution in [3.63, 3.8) is 0 Å². The van der Waals surface area contributed by atoms with E-state index in [0.29, 0.717) is 33.6 Å². The van der Waals surface area contributed by atoms with Gasteiger partial charge in [0.2, 0.25) is 0 Å². The Morgan fingerprint density at radius 3 is 2.52 bits per heavy atom. The molecule has 0 saturated heterocycles. The molecule has 1 heterocycles. The molecule has 0 aliphatic heterocycles. The third kappa shape index (κ3) is 4.98. The standard InChI is InChI=1S/C26H21FN2O4/c1-16-7-12-24(32-2)23(13-16)29-25(30)15-33-26(31)20-14-22(17-8-10-18(27)11-9-17)28-21-6-4-3-5-19(20)21/h3-14H,15H2,1-2H3,(H,29,30). The first-order chi connectivity index (χ1) is 15.9. The number of aromatic nitrogens is 1. The number of fused-ring (bicyclic) bond motifs is 1. The summed E-state index contributed by atoms with van der Waals surface area (Å²) in [6, 6.07) is 19.9. The lowest BCUT2D eigenvalue weighted by Gasteiger charge is -2.12. The van der Waals surface area contributed by atoms with Gasteiger partial charge in [-0.05, 0) is 61.0 Å². The number of anilines is 1. The van der Waals surface area contributed by atoms with Gasteiger partial charge in [0.25, 0.3) is 5.91 Å². The summed E-state index contributed by atoms with van der Waals surface area (Å²) in [5.74, 6) is -1.02. The van der Waals surface area contributed by atoms with Gasteiger partial charge in [-0.15, -0.1) is 0 Å². The number of methoxy groups -OCH3 is 1. The minimum atomic E-state index is -0.664. The zero-order chi connectivity index (χ0) is 23.4. The summed E-state index contributed by atoms with van der Waals surface area (Å²) < 4.78 is 23.9. The lowest BCUT2D eigenvalue weighted by Crippen LogP contribution is -2.21. The fourth-order valence-electron chi connectivity index (χ4n) is 3.43. The molecule has 0 unspecified atom stereocenters. The molecule has 1 N–H and O–H groups in total. The normalized spacial score (nSPS) is 10.6. The van der Waals surface area contributed by atoms with Crippen LogP contribution in [0.1, 0.15) is 15.9 Å². The van der Waals surface area contributed by atoms with Crippen molar-refractivity contribution >= 4 is 28.5 Å². The van der Waals surface area contributed by atoms with Crippen LogP contribution in [-0.4, -0.2) is 30.6 Å². The number of pyridine rings is 1. The first-order valence-corrected chi connectivity index (χ1v) is 10.2. The van der Waals surface area contributed by atoms with Crippen molar-refractivity contribution in [1.82, 2.24) is 4.98 Å². The molecule has 1 amide bonds. The molecule has 0 fully saturated rings. The summed E-state index contributed by atoms with van der Waals surface area (Å²) in [5, 5.41) is 3.29. The Balaban J connectivity index is 1.56. The zero-order valence-corrected chi connectivity index (χ0v) is 18.1. The molecule has 0 atom stereocenters. The largest absolute Gasteiger partial charge is 0.495 e. The van der Waals surface area contributed by atoms with E-state index in [2.05, 4.69) is 10.3 Å². The van der Waals surface area contributed by atoms with E-state index in [9.17, 15) is 14.0 Å². The third-order valence-electron chi connectivity index (χ3n) is 5.04. The second-order valence-corrected chi connectivity index (χ2v) is 7.41. The minimum absolute atomic E-state index is 0.265. The minimum Gasteiger partial charge on any atom is -0.495 e. The van der Waals surface area contributed by atoms with Crippen LogP contribution in [0.25, 0.3) is 22.2 Å². The van der Waals surface area contributed by atoms with E-state index in [1.165, 1.54) is 19.2 Å². The van der Waals surface area contributed by atoms with Crippen molar-refractivity contribution in [2.45, 2.75) is 6.92 Å². The smallest absolute Gasteiger partial charge is 0.339 e. The van der Waals surface area contributed by atoms with Crippen LogP contribution >= 0.6 is 0 Å². The molecule has 7 heteroatoms. The maximum Gasteiger partial charge on any atom is 0.339 e. The molecule has 0 aliphatic rings. The average molecular weight is 444 g/mol. The van der Waals surface area contributed by atoms with Gasteiger partial charge in [-0.1, -0.05) is 24.3 Å². The van der Waals surface area contributed by atoms with Crippen molar-refractivity contribution < 1.29 is 23.5 Å². The van der Waals surface area contributed by atoms with E-state index in [4.69, 9.17) is 9.47 Å². The van der Waals surface area contributed by atoms with Crippen molar-refractivity contribution in [2.24, 2.45) is 0 Å². The van der Waals surface area contributed by atoms with Crippen molar-refractivity contribution in [2.75, 3.05) is 19.0 Å². The highest BCUT2D eigenvalue weighted by Gasteiger charge is 2.17. The highest BCUT2D eigenvalue weighted by molar-refractivity contribution is 6.05. The van der Waals surface area contributed by atoms with Crippen LogP contribution < -0.4 is 10.1 Å². The topological polar surface area (TPSA) is 77.5 Å². The molecule has 0 bridgehead atoms. The Hall–Kier alpha value is -4.26. The molecule has 1 aromatic heterocycles. The molecule has 6 nitrogen and oxygen atoms in total. The summed E-state index contributed by atoms with van der Waals surface area (Å²) in [4.78, 5) is 29.9. The highest BCUT2D eigenvalue weighted by atomic mass is 19.1. The molecule has 33 heavy (non-hydrogen) atoms. The van der Waals surface area contributed by atoms with Gasteiger partial charge in [-0.2, -0.15) is 0 Å². The molecule has 4 rings (SSSR count). The van der Waals surface area contributed by atoms with Crippen LogP contribution in [0.15, 0.2) is 72.8 Å². The number of carbonyl (C=O) groups excluding carboxylic acids is 2. The Morgan fingerprint density at radius 1 is 1.00 bits per heavy atom. The fraction of sp³-hybridized carbons (Fsp3) is 0.115. The van der Waals surface area contributed by atoms with Crippen LogP contribution in [-0.2, 0) is 9.53 Å². The fourth-order valence-corrected chi connectivity index (χ4v) is 3.43. The van der Waals surface area contributed by atoms with Gasteiger partial charge in [0.1, 0.15) is 11.6 Å². The second-order valence-electron chi connectivity index (χ2n) is 7.41. The predicted molar refractivity (Wildman–Crippen MR) is 124 cm³/mol.